The average Bonchev–Trinajstić information content (AvgIpc) is 3.12. The molecule has 3 aliphatic rings. The van der Waals surface area contributed by atoms with Crippen LogP contribution in [0.4, 0.5) is 0 Å². The van der Waals surface area contributed by atoms with Gasteiger partial charge in [-0.05, 0) is 24.1 Å². The Labute approximate surface area is 182 Å². The smallest absolute Gasteiger partial charge is 0.233 e. The monoisotopic (exact) mass is 455 g/mol. The van der Waals surface area contributed by atoms with Gasteiger partial charge in [-0.25, -0.2) is 8.42 Å². The van der Waals surface area contributed by atoms with Crippen LogP contribution in [0.25, 0.3) is 0 Å². The van der Waals surface area contributed by atoms with E-state index in [0.29, 0.717) is 58.1 Å². The summed E-state index contributed by atoms with van der Waals surface area (Å²) < 4.78 is 37.4. The van der Waals surface area contributed by atoms with Crippen LogP contribution in [0.5, 0.6) is 11.5 Å². The van der Waals surface area contributed by atoms with Gasteiger partial charge in [0.25, 0.3) is 0 Å². The molecule has 0 radical (unpaired) electrons. The van der Waals surface area contributed by atoms with Gasteiger partial charge in [-0.15, -0.1) is 11.8 Å². The van der Waals surface area contributed by atoms with E-state index in [1.165, 1.54) is 0 Å². The Morgan fingerprint density at radius 1 is 1.07 bits per heavy atom. The number of nitrogens with zero attached hydrogens (tertiary/aromatic N) is 3. The number of hydrogen-bond acceptors (Lipinski definition) is 7. The maximum Gasteiger partial charge on any atom is 0.233 e. The lowest BCUT2D eigenvalue weighted by Crippen LogP contribution is -2.50. The molecule has 2 saturated heterocycles. The molecule has 1 aromatic rings. The Morgan fingerprint density at radius 2 is 1.80 bits per heavy atom. The van der Waals surface area contributed by atoms with E-state index in [9.17, 15) is 13.2 Å². The summed E-state index contributed by atoms with van der Waals surface area (Å²) >= 11 is 1.63. The number of thioether (sulfide) groups is 1. The second-order valence-corrected chi connectivity index (χ2v) is 10.9. The standard InChI is InChI=1S/C20H29N3O5S2/c1-2-13-30(25,26)22-8-5-21(6-9-22)7-10-23-19(24)15-29-20(23)16-3-4-17-18(14-16)28-12-11-27-17/h3-4,14,20H,2,5-13,15H2,1H3. The summed E-state index contributed by atoms with van der Waals surface area (Å²) in [6.45, 7) is 6.81. The molecule has 3 aliphatic heterocycles. The molecule has 0 N–H and O–H groups in total. The minimum atomic E-state index is -3.13. The molecule has 4 rings (SSSR count). The van der Waals surface area contributed by atoms with Gasteiger partial charge in [0.15, 0.2) is 11.5 Å². The van der Waals surface area contributed by atoms with Crippen molar-refractivity contribution in [2.24, 2.45) is 0 Å². The van der Waals surface area contributed by atoms with Crippen LogP contribution in [-0.4, -0.2) is 92.4 Å². The molecule has 0 aromatic heterocycles. The number of sulfonamides is 1. The first-order valence-corrected chi connectivity index (χ1v) is 13.1. The Hall–Kier alpha value is -1.49. The van der Waals surface area contributed by atoms with Crippen LogP contribution in [0.1, 0.15) is 24.3 Å². The number of hydrogen-bond donors (Lipinski definition) is 0. The highest BCUT2D eigenvalue weighted by atomic mass is 32.2. The van der Waals surface area contributed by atoms with E-state index in [4.69, 9.17) is 9.47 Å². The van der Waals surface area contributed by atoms with Crippen LogP contribution >= 0.6 is 11.8 Å². The third-order valence-electron chi connectivity index (χ3n) is 5.66. The molecule has 2 fully saturated rings. The van der Waals surface area contributed by atoms with Gasteiger partial charge in [-0.2, -0.15) is 4.31 Å². The fourth-order valence-electron chi connectivity index (χ4n) is 4.05. The molecular formula is C20H29N3O5S2. The summed E-state index contributed by atoms with van der Waals surface area (Å²) in [4.78, 5) is 16.7. The van der Waals surface area contributed by atoms with E-state index < -0.39 is 10.0 Å². The Kier molecular flexibility index (Phi) is 6.76. The summed E-state index contributed by atoms with van der Waals surface area (Å²) in [6.07, 6.45) is 0.637. The number of amides is 1. The van der Waals surface area contributed by atoms with Crippen LogP contribution in [0, 0.1) is 0 Å². The fourth-order valence-corrected chi connectivity index (χ4v) is 6.76. The Bertz CT molecular complexity index is 871. The van der Waals surface area contributed by atoms with Gasteiger partial charge in [0.2, 0.25) is 15.9 Å². The van der Waals surface area contributed by atoms with Crippen LogP contribution in [0.2, 0.25) is 0 Å². The average molecular weight is 456 g/mol. The summed E-state index contributed by atoms with van der Waals surface area (Å²) in [6, 6.07) is 5.91. The largest absolute Gasteiger partial charge is 0.486 e. The van der Waals surface area contributed by atoms with E-state index in [-0.39, 0.29) is 17.0 Å². The zero-order chi connectivity index (χ0) is 21.1. The molecule has 3 heterocycles. The lowest BCUT2D eigenvalue weighted by Gasteiger charge is -2.35. The normalized spacial score (nSPS) is 23.2. The van der Waals surface area contributed by atoms with Crippen molar-refractivity contribution in [1.29, 1.82) is 0 Å². The first kappa shape index (κ1) is 21.7. The van der Waals surface area contributed by atoms with Gasteiger partial charge in [0.1, 0.15) is 18.6 Å². The minimum Gasteiger partial charge on any atom is -0.486 e. The van der Waals surface area contributed by atoms with E-state index >= 15 is 0 Å². The van der Waals surface area contributed by atoms with Gasteiger partial charge in [0, 0.05) is 39.3 Å². The molecule has 0 bridgehead atoms. The third-order valence-corrected chi connectivity index (χ3v) is 9.00. The molecule has 30 heavy (non-hydrogen) atoms. The SMILES string of the molecule is CCCS(=O)(=O)N1CCN(CCN2C(=O)CSC2c2ccc3c(c2)OCCO3)CC1. The number of piperazine rings is 1. The first-order valence-electron chi connectivity index (χ1n) is 10.5. The van der Waals surface area contributed by atoms with Crippen molar-refractivity contribution in [1.82, 2.24) is 14.1 Å². The van der Waals surface area contributed by atoms with Crippen molar-refractivity contribution in [2.45, 2.75) is 18.7 Å². The van der Waals surface area contributed by atoms with Crippen molar-refractivity contribution in [3.05, 3.63) is 23.8 Å². The first-order chi connectivity index (χ1) is 14.5. The lowest BCUT2D eigenvalue weighted by atomic mass is 10.1. The van der Waals surface area contributed by atoms with Crippen molar-refractivity contribution in [3.63, 3.8) is 0 Å². The van der Waals surface area contributed by atoms with Crippen molar-refractivity contribution in [2.75, 3.05) is 64.0 Å². The molecular weight excluding hydrogens is 426 g/mol. The summed E-state index contributed by atoms with van der Waals surface area (Å²) in [5.41, 5.74) is 1.05. The Morgan fingerprint density at radius 3 is 2.53 bits per heavy atom. The predicted molar refractivity (Wildman–Crippen MR) is 116 cm³/mol. The van der Waals surface area contributed by atoms with Crippen LogP contribution < -0.4 is 9.47 Å². The predicted octanol–water partition coefficient (Wildman–Crippen LogP) is 1.39. The molecule has 1 atom stereocenters. The fraction of sp³-hybridized carbons (Fsp3) is 0.650. The second kappa shape index (κ2) is 9.33. The summed E-state index contributed by atoms with van der Waals surface area (Å²) in [7, 11) is -3.13. The number of fused-ring (bicyclic) bond motifs is 1. The number of carbonyl (C=O) groups excluding carboxylic acids is 1. The van der Waals surface area contributed by atoms with Crippen molar-refractivity contribution >= 4 is 27.7 Å². The van der Waals surface area contributed by atoms with Gasteiger partial charge >= 0.3 is 0 Å². The molecule has 0 spiro atoms. The minimum absolute atomic E-state index is 0.0282. The number of benzene rings is 1. The van der Waals surface area contributed by atoms with Crippen molar-refractivity contribution < 1.29 is 22.7 Å². The zero-order valence-corrected chi connectivity index (χ0v) is 18.9. The number of ether oxygens (including phenoxy) is 2. The quantitative estimate of drug-likeness (QED) is 0.615. The van der Waals surface area contributed by atoms with Crippen LogP contribution in [-0.2, 0) is 14.8 Å². The van der Waals surface area contributed by atoms with Gasteiger partial charge < -0.3 is 14.4 Å². The van der Waals surface area contributed by atoms with E-state index in [1.807, 2.05) is 30.0 Å². The third kappa shape index (κ3) is 4.71. The molecule has 0 aliphatic carbocycles. The van der Waals surface area contributed by atoms with Gasteiger partial charge in [-0.3, -0.25) is 9.69 Å². The summed E-state index contributed by atoms with van der Waals surface area (Å²) in [5.74, 6) is 2.32. The van der Waals surface area contributed by atoms with E-state index in [0.717, 1.165) is 23.6 Å². The highest BCUT2D eigenvalue weighted by molar-refractivity contribution is 8.00. The molecule has 166 valence electrons. The number of rotatable bonds is 7. The number of carbonyl (C=O) groups is 1. The molecule has 0 saturated carbocycles. The molecule has 10 heteroatoms. The van der Waals surface area contributed by atoms with Crippen molar-refractivity contribution in [3.8, 4) is 11.5 Å². The highest BCUT2D eigenvalue weighted by Crippen LogP contribution is 2.42. The summed E-state index contributed by atoms with van der Waals surface area (Å²) in [5, 5.41) is -0.0282. The molecule has 8 nitrogen and oxygen atoms in total. The van der Waals surface area contributed by atoms with E-state index in [2.05, 4.69) is 4.90 Å². The zero-order valence-electron chi connectivity index (χ0n) is 17.3. The molecule has 1 amide bonds. The maximum atomic E-state index is 12.5. The lowest BCUT2D eigenvalue weighted by molar-refractivity contribution is -0.128. The molecule has 1 unspecified atom stereocenters. The Balaban J connectivity index is 1.34. The maximum absolute atomic E-state index is 12.5. The second-order valence-electron chi connectivity index (χ2n) is 7.71. The van der Waals surface area contributed by atoms with Gasteiger partial charge in [-0.1, -0.05) is 13.0 Å². The van der Waals surface area contributed by atoms with Crippen LogP contribution in [0.15, 0.2) is 18.2 Å². The highest BCUT2D eigenvalue weighted by Gasteiger charge is 2.34. The molecule has 1 aromatic carbocycles. The van der Waals surface area contributed by atoms with Crippen LogP contribution in [0.3, 0.4) is 0 Å². The topological polar surface area (TPSA) is 79.4 Å². The van der Waals surface area contributed by atoms with E-state index in [1.54, 1.807) is 16.1 Å². The van der Waals surface area contributed by atoms with Gasteiger partial charge in [0.05, 0.1) is 11.5 Å².